The van der Waals surface area contributed by atoms with Crippen molar-refractivity contribution in [3.8, 4) is 0 Å². The fraction of sp³-hybridized carbons (Fsp3) is 0.0625. The summed E-state index contributed by atoms with van der Waals surface area (Å²) in [6.45, 7) is 0. The van der Waals surface area contributed by atoms with Gasteiger partial charge in [0.05, 0.1) is 12.7 Å². The number of fused-ring (bicyclic) bond motifs is 2. The lowest BCUT2D eigenvalue weighted by Crippen LogP contribution is -2.03. The summed E-state index contributed by atoms with van der Waals surface area (Å²) in [5.41, 5.74) is 0.645. The summed E-state index contributed by atoms with van der Waals surface area (Å²) in [6.07, 6.45) is 0. The molecule has 18 heavy (non-hydrogen) atoms. The smallest absolute Gasteiger partial charge is 0.339 e. The van der Waals surface area contributed by atoms with Crippen molar-refractivity contribution in [3.63, 3.8) is 0 Å². The van der Waals surface area contributed by atoms with Crippen molar-refractivity contribution < 1.29 is 9.53 Å². The predicted octanol–water partition coefficient (Wildman–Crippen LogP) is 3.78. The van der Waals surface area contributed by atoms with Gasteiger partial charge >= 0.3 is 5.97 Å². The Morgan fingerprint density at radius 1 is 0.889 bits per heavy atom. The van der Waals surface area contributed by atoms with Crippen molar-refractivity contribution in [2.45, 2.75) is 0 Å². The maximum Gasteiger partial charge on any atom is 0.339 e. The molecule has 0 saturated heterocycles. The summed E-state index contributed by atoms with van der Waals surface area (Å²) in [6, 6.07) is 17.8. The van der Waals surface area contributed by atoms with Crippen molar-refractivity contribution in [2.24, 2.45) is 0 Å². The molecule has 0 heterocycles. The zero-order valence-electron chi connectivity index (χ0n) is 10.0. The Labute approximate surface area is 105 Å². The van der Waals surface area contributed by atoms with E-state index >= 15 is 0 Å². The molecule has 0 aliphatic carbocycles. The molecule has 0 bridgehead atoms. The first kappa shape index (κ1) is 10.8. The molecule has 0 aliphatic heterocycles. The highest BCUT2D eigenvalue weighted by atomic mass is 16.5. The molecule has 2 nitrogen and oxygen atoms in total. The first-order valence-electron chi connectivity index (χ1n) is 5.80. The monoisotopic (exact) mass is 236 g/mol. The molecule has 0 radical (unpaired) electrons. The van der Waals surface area contributed by atoms with Crippen molar-refractivity contribution in [1.82, 2.24) is 0 Å². The molecule has 0 unspecified atom stereocenters. The predicted molar refractivity (Wildman–Crippen MR) is 72.8 cm³/mol. The maximum absolute atomic E-state index is 12.0. The number of benzene rings is 3. The van der Waals surface area contributed by atoms with Crippen LogP contribution in [0.5, 0.6) is 0 Å². The maximum atomic E-state index is 12.0. The van der Waals surface area contributed by atoms with E-state index in [1.54, 1.807) is 0 Å². The summed E-state index contributed by atoms with van der Waals surface area (Å²) < 4.78 is 4.91. The van der Waals surface area contributed by atoms with Crippen LogP contribution in [0.25, 0.3) is 21.5 Å². The zero-order chi connectivity index (χ0) is 12.5. The number of esters is 1. The minimum absolute atomic E-state index is 0.289. The standard InChI is InChI=1S/C16H12O2/c1-18-16(17)15-13-8-4-2-6-11(13)10-12-7-3-5-9-14(12)15/h2-10H,1H3. The number of carbonyl (C=O) groups excluding carboxylic acids is 1. The molecule has 2 heteroatoms. The zero-order valence-corrected chi connectivity index (χ0v) is 10.0. The lowest BCUT2D eigenvalue weighted by molar-refractivity contribution is 0.0605. The van der Waals surface area contributed by atoms with Gasteiger partial charge in [-0.3, -0.25) is 0 Å². The summed E-state index contributed by atoms with van der Waals surface area (Å²) >= 11 is 0. The minimum Gasteiger partial charge on any atom is -0.465 e. The Morgan fingerprint density at radius 2 is 1.39 bits per heavy atom. The number of hydrogen-bond donors (Lipinski definition) is 0. The van der Waals surface area contributed by atoms with Crippen LogP contribution >= 0.6 is 0 Å². The van der Waals surface area contributed by atoms with Crippen LogP contribution in [0.1, 0.15) is 10.4 Å². The second kappa shape index (κ2) is 4.15. The van der Waals surface area contributed by atoms with Crippen LogP contribution in [0.15, 0.2) is 54.6 Å². The SMILES string of the molecule is COC(=O)c1c2ccccc2cc2ccccc12. The minimum atomic E-state index is -0.289. The third kappa shape index (κ3) is 1.54. The van der Waals surface area contributed by atoms with Gasteiger partial charge in [0.1, 0.15) is 0 Å². The van der Waals surface area contributed by atoms with Gasteiger partial charge in [0.2, 0.25) is 0 Å². The topological polar surface area (TPSA) is 26.3 Å². The lowest BCUT2D eigenvalue weighted by Gasteiger charge is -2.09. The van der Waals surface area contributed by atoms with Crippen LogP contribution in [-0.2, 0) is 4.74 Å². The Kier molecular flexibility index (Phi) is 2.49. The van der Waals surface area contributed by atoms with Crippen molar-refractivity contribution in [1.29, 1.82) is 0 Å². The quantitative estimate of drug-likeness (QED) is 0.474. The first-order valence-corrected chi connectivity index (χ1v) is 5.80. The molecule has 0 aliphatic rings. The second-order valence-corrected chi connectivity index (χ2v) is 4.19. The van der Waals surface area contributed by atoms with Gasteiger partial charge in [-0.15, -0.1) is 0 Å². The van der Waals surface area contributed by atoms with Gasteiger partial charge in [0, 0.05) is 0 Å². The number of carbonyl (C=O) groups is 1. The molecule has 0 atom stereocenters. The molecule has 0 amide bonds. The lowest BCUT2D eigenvalue weighted by atomic mass is 9.97. The van der Waals surface area contributed by atoms with Crippen LogP contribution in [0, 0.1) is 0 Å². The summed E-state index contributed by atoms with van der Waals surface area (Å²) in [5.74, 6) is -0.289. The summed E-state index contributed by atoms with van der Waals surface area (Å²) in [5, 5.41) is 3.97. The number of ether oxygens (including phenoxy) is 1. The molecule has 0 saturated carbocycles. The van der Waals surface area contributed by atoms with Crippen LogP contribution in [0.2, 0.25) is 0 Å². The third-order valence-electron chi connectivity index (χ3n) is 3.16. The van der Waals surface area contributed by atoms with Crippen LogP contribution in [0.4, 0.5) is 0 Å². The Balaban J connectivity index is 2.53. The van der Waals surface area contributed by atoms with E-state index in [1.807, 2.05) is 48.5 Å². The van der Waals surface area contributed by atoms with Gasteiger partial charge in [-0.25, -0.2) is 4.79 Å². The van der Waals surface area contributed by atoms with E-state index < -0.39 is 0 Å². The van der Waals surface area contributed by atoms with Crippen molar-refractivity contribution in [2.75, 3.05) is 7.11 Å². The van der Waals surface area contributed by atoms with Gasteiger partial charge in [0.25, 0.3) is 0 Å². The number of rotatable bonds is 1. The fourth-order valence-electron chi connectivity index (χ4n) is 2.34. The van der Waals surface area contributed by atoms with E-state index in [-0.39, 0.29) is 5.97 Å². The first-order chi connectivity index (χ1) is 8.81. The molecule has 3 aromatic carbocycles. The molecular weight excluding hydrogens is 224 g/mol. The van der Waals surface area contributed by atoms with Gasteiger partial charge in [-0.2, -0.15) is 0 Å². The van der Waals surface area contributed by atoms with Crippen LogP contribution < -0.4 is 0 Å². The molecule has 3 aromatic rings. The van der Waals surface area contributed by atoms with Crippen LogP contribution in [0.3, 0.4) is 0 Å². The molecule has 0 fully saturated rings. The molecule has 0 N–H and O–H groups in total. The van der Waals surface area contributed by atoms with Gasteiger partial charge in [-0.05, 0) is 27.6 Å². The molecule has 3 rings (SSSR count). The highest BCUT2D eigenvalue weighted by molar-refractivity contribution is 6.16. The normalized spacial score (nSPS) is 10.7. The van der Waals surface area contributed by atoms with Crippen LogP contribution in [-0.4, -0.2) is 13.1 Å². The molecular formula is C16H12O2. The van der Waals surface area contributed by atoms with Gasteiger partial charge < -0.3 is 4.74 Å². The van der Waals surface area contributed by atoms with E-state index in [2.05, 4.69) is 6.07 Å². The fourth-order valence-corrected chi connectivity index (χ4v) is 2.34. The van der Waals surface area contributed by atoms with Gasteiger partial charge in [0.15, 0.2) is 0 Å². The molecule has 0 spiro atoms. The second-order valence-electron chi connectivity index (χ2n) is 4.19. The number of hydrogen-bond acceptors (Lipinski definition) is 2. The molecule has 88 valence electrons. The highest BCUT2D eigenvalue weighted by Gasteiger charge is 2.14. The summed E-state index contributed by atoms with van der Waals surface area (Å²) in [4.78, 5) is 12.0. The Bertz CT molecular complexity index is 690. The Morgan fingerprint density at radius 3 is 1.89 bits per heavy atom. The third-order valence-corrected chi connectivity index (χ3v) is 3.16. The van der Waals surface area contributed by atoms with E-state index in [9.17, 15) is 4.79 Å². The van der Waals surface area contributed by atoms with Gasteiger partial charge in [-0.1, -0.05) is 48.5 Å². The van der Waals surface area contributed by atoms with Crippen molar-refractivity contribution >= 4 is 27.5 Å². The van der Waals surface area contributed by atoms with E-state index in [0.717, 1.165) is 21.5 Å². The largest absolute Gasteiger partial charge is 0.465 e. The summed E-state index contributed by atoms with van der Waals surface area (Å²) in [7, 11) is 1.42. The average Bonchev–Trinajstić information content (AvgIpc) is 2.44. The molecule has 0 aromatic heterocycles. The van der Waals surface area contributed by atoms with E-state index in [1.165, 1.54) is 7.11 Å². The van der Waals surface area contributed by atoms with E-state index in [0.29, 0.717) is 5.56 Å². The number of methoxy groups -OCH3 is 1. The van der Waals surface area contributed by atoms with Crippen molar-refractivity contribution in [3.05, 3.63) is 60.2 Å². The Hall–Kier alpha value is -2.35. The van der Waals surface area contributed by atoms with E-state index in [4.69, 9.17) is 4.74 Å². The highest BCUT2D eigenvalue weighted by Crippen LogP contribution is 2.28. The average molecular weight is 236 g/mol.